The number of nitrogens with one attached hydrogen (secondary N) is 1. The first-order chi connectivity index (χ1) is 8.04. The van der Waals surface area contributed by atoms with E-state index in [4.69, 9.17) is 17.3 Å². The molecule has 94 valence electrons. The molecule has 0 heterocycles. The highest BCUT2D eigenvalue weighted by molar-refractivity contribution is 7.99. The standard InChI is InChI=1S/C12H17ClN2OS/c1-3-17-7-8(2)15-12(16)10-6-9(14)4-5-11(10)13/h4-6,8H,3,7,14H2,1-2H3,(H,15,16). The smallest absolute Gasteiger partial charge is 0.253 e. The molecular formula is C12H17ClN2OS. The molecule has 0 aliphatic carbocycles. The van der Waals surface area contributed by atoms with Gasteiger partial charge in [0.1, 0.15) is 0 Å². The molecule has 1 atom stereocenters. The van der Waals surface area contributed by atoms with Crippen molar-refractivity contribution in [3.05, 3.63) is 28.8 Å². The Bertz CT molecular complexity index is 398. The third kappa shape index (κ3) is 4.48. The lowest BCUT2D eigenvalue weighted by Gasteiger charge is -2.14. The number of nitrogen functional groups attached to an aromatic ring is 1. The summed E-state index contributed by atoms with van der Waals surface area (Å²) < 4.78 is 0. The van der Waals surface area contributed by atoms with Crippen molar-refractivity contribution in [2.45, 2.75) is 19.9 Å². The van der Waals surface area contributed by atoms with Gasteiger partial charge in [-0.25, -0.2) is 0 Å². The molecule has 1 amide bonds. The number of carbonyl (C=O) groups excluding carboxylic acids is 1. The molecule has 1 aromatic carbocycles. The molecule has 0 saturated carbocycles. The average Bonchev–Trinajstić information content (AvgIpc) is 2.29. The summed E-state index contributed by atoms with van der Waals surface area (Å²) in [7, 11) is 0. The SMILES string of the molecule is CCSCC(C)NC(=O)c1cc(N)ccc1Cl. The third-order valence-corrected chi connectivity index (χ3v) is 3.66. The first-order valence-electron chi connectivity index (χ1n) is 5.48. The molecule has 0 saturated heterocycles. The lowest BCUT2D eigenvalue weighted by molar-refractivity contribution is 0.0944. The second-order valence-electron chi connectivity index (χ2n) is 3.77. The second kappa shape index (κ2) is 6.77. The van der Waals surface area contributed by atoms with Gasteiger partial charge in [0.2, 0.25) is 0 Å². The van der Waals surface area contributed by atoms with E-state index in [2.05, 4.69) is 12.2 Å². The summed E-state index contributed by atoms with van der Waals surface area (Å²) in [6.45, 7) is 4.06. The fourth-order valence-corrected chi connectivity index (χ4v) is 2.23. The van der Waals surface area contributed by atoms with Gasteiger partial charge in [-0.15, -0.1) is 0 Å². The van der Waals surface area contributed by atoms with Gasteiger partial charge in [0, 0.05) is 17.5 Å². The number of amides is 1. The normalized spacial score (nSPS) is 12.2. The minimum absolute atomic E-state index is 0.116. The first kappa shape index (κ1) is 14.2. The predicted molar refractivity (Wildman–Crippen MR) is 75.8 cm³/mol. The van der Waals surface area contributed by atoms with Gasteiger partial charge in [0.25, 0.3) is 5.91 Å². The Hall–Kier alpha value is -0.870. The predicted octanol–water partition coefficient (Wildman–Crippen LogP) is 2.79. The monoisotopic (exact) mass is 272 g/mol. The summed E-state index contributed by atoms with van der Waals surface area (Å²) in [5.74, 6) is 1.76. The van der Waals surface area contributed by atoms with Crippen molar-refractivity contribution < 1.29 is 4.79 Å². The van der Waals surface area contributed by atoms with Gasteiger partial charge in [-0.1, -0.05) is 18.5 Å². The highest BCUT2D eigenvalue weighted by Gasteiger charge is 2.13. The van der Waals surface area contributed by atoms with Crippen molar-refractivity contribution in [1.29, 1.82) is 0 Å². The Morgan fingerprint density at radius 1 is 1.59 bits per heavy atom. The van der Waals surface area contributed by atoms with Crippen LogP contribution in [-0.4, -0.2) is 23.5 Å². The molecule has 0 aliphatic rings. The Morgan fingerprint density at radius 3 is 2.94 bits per heavy atom. The molecule has 1 unspecified atom stereocenters. The topological polar surface area (TPSA) is 55.1 Å². The molecule has 0 bridgehead atoms. The molecule has 0 aromatic heterocycles. The summed E-state index contributed by atoms with van der Waals surface area (Å²) in [5.41, 5.74) is 6.60. The van der Waals surface area contributed by atoms with Crippen LogP contribution in [0.1, 0.15) is 24.2 Å². The number of benzene rings is 1. The molecule has 0 radical (unpaired) electrons. The minimum Gasteiger partial charge on any atom is -0.399 e. The molecule has 0 aliphatic heterocycles. The number of hydrogen-bond donors (Lipinski definition) is 2. The van der Waals surface area contributed by atoms with E-state index in [9.17, 15) is 4.79 Å². The van der Waals surface area contributed by atoms with Crippen LogP contribution in [0, 0.1) is 0 Å². The van der Waals surface area contributed by atoms with Crippen LogP contribution in [0.5, 0.6) is 0 Å². The number of hydrogen-bond acceptors (Lipinski definition) is 3. The molecule has 17 heavy (non-hydrogen) atoms. The zero-order valence-corrected chi connectivity index (χ0v) is 11.6. The van der Waals surface area contributed by atoms with Crippen LogP contribution in [-0.2, 0) is 0 Å². The van der Waals surface area contributed by atoms with Crippen LogP contribution >= 0.6 is 23.4 Å². The number of thioether (sulfide) groups is 1. The maximum atomic E-state index is 11.9. The Morgan fingerprint density at radius 2 is 2.29 bits per heavy atom. The molecular weight excluding hydrogens is 256 g/mol. The van der Waals surface area contributed by atoms with E-state index in [0.29, 0.717) is 16.3 Å². The van der Waals surface area contributed by atoms with Crippen LogP contribution in [0.3, 0.4) is 0 Å². The van der Waals surface area contributed by atoms with Crippen LogP contribution in [0.15, 0.2) is 18.2 Å². The third-order valence-electron chi connectivity index (χ3n) is 2.18. The van der Waals surface area contributed by atoms with E-state index in [1.807, 2.05) is 6.92 Å². The summed E-state index contributed by atoms with van der Waals surface area (Å²) in [5, 5.41) is 3.32. The van der Waals surface area contributed by atoms with E-state index in [0.717, 1.165) is 11.5 Å². The number of anilines is 1. The lowest BCUT2D eigenvalue weighted by Crippen LogP contribution is -2.34. The van der Waals surface area contributed by atoms with Crippen molar-refractivity contribution in [3.63, 3.8) is 0 Å². The fraction of sp³-hybridized carbons (Fsp3) is 0.417. The molecule has 3 N–H and O–H groups in total. The van der Waals surface area contributed by atoms with Gasteiger partial charge >= 0.3 is 0 Å². The largest absolute Gasteiger partial charge is 0.399 e. The summed E-state index contributed by atoms with van der Waals surface area (Å²) in [4.78, 5) is 11.9. The summed E-state index contributed by atoms with van der Waals surface area (Å²) in [6, 6.07) is 5.02. The van der Waals surface area contributed by atoms with Crippen LogP contribution < -0.4 is 11.1 Å². The van der Waals surface area contributed by atoms with Gasteiger partial charge < -0.3 is 11.1 Å². The van der Waals surface area contributed by atoms with Crippen molar-refractivity contribution >= 4 is 35.0 Å². The number of halogens is 1. The zero-order valence-electron chi connectivity index (χ0n) is 10.00. The van der Waals surface area contributed by atoms with E-state index >= 15 is 0 Å². The number of nitrogens with two attached hydrogens (primary N) is 1. The van der Waals surface area contributed by atoms with Crippen molar-refractivity contribution in [1.82, 2.24) is 5.32 Å². The Balaban J connectivity index is 2.66. The number of carbonyl (C=O) groups is 1. The zero-order chi connectivity index (χ0) is 12.8. The van der Waals surface area contributed by atoms with E-state index in [1.165, 1.54) is 0 Å². The highest BCUT2D eigenvalue weighted by Crippen LogP contribution is 2.18. The maximum Gasteiger partial charge on any atom is 0.253 e. The molecule has 1 rings (SSSR count). The maximum absolute atomic E-state index is 11.9. The van der Waals surface area contributed by atoms with Crippen LogP contribution in [0.2, 0.25) is 5.02 Å². The molecule has 5 heteroatoms. The minimum atomic E-state index is -0.175. The van der Waals surface area contributed by atoms with E-state index in [-0.39, 0.29) is 11.9 Å². The molecule has 0 fully saturated rings. The van der Waals surface area contributed by atoms with Crippen molar-refractivity contribution in [2.24, 2.45) is 0 Å². The molecule has 3 nitrogen and oxygen atoms in total. The van der Waals surface area contributed by atoms with Gasteiger partial charge in [-0.2, -0.15) is 11.8 Å². The average molecular weight is 273 g/mol. The van der Waals surface area contributed by atoms with E-state index in [1.54, 1.807) is 30.0 Å². The summed E-state index contributed by atoms with van der Waals surface area (Å²) in [6.07, 6.45) is 0. The molecule has 0 spiro atoms. The van der Waals surface area contributed by atoms with Crippen molar-refractivity contribution in [2.75, 3.05) is 17.2 Å². The summed E-state index contributed by atoms with van der Waals surface area (Å²) >= 11 is 7.75. The van der Waals surface area contributed by atoms with Gasteiger partial charge in [-0.05, 0) is 30.9 Å². The first-order valence-corrected chi connectivity index (χ1v) is 7.01. The van der Waals surface area contributed by atoms with Crippen LogP contribution in [0.25, 0.3) is 0 Å². The van der Waals surface area contributed by atoms with Gasteiger partial charge in [-0.3, -0.25) is 4.79 Å². The van der Waals surface area contributed by atoms with Gasteiger partial charge in [0.05, 0.1) is 10.6 Å². The highest BCUT2D eigenvalue weighted by atomic mass is 35.5. The van der Waals surface area contributed by atoms with E-state index < -0.39 is 0 Å². The quantitative estimate of drug-likeness (QED) is 0.811. The fourth-order valence-electron chi connectivity index (χ4n) is 1.35. The second-order valence-corrected chi connectivity index (χ2v) is 5.50. The Kier molecular flexibility index (Phi) is 5.65. The van der Waals surface area contributed by atoms with Gasteiger partial charge in [0.15, 0.2) is 0 Å². The van der Waals surface area contributed by atoms with Crippen molar-refractivity contribution in [3.8, 4) is 0 Å². The number of rotatable bonds is 5. The van der Waals surface area contributed by atoms with Crippen LogP contribution in [0.4, 0.5) is 5.69 Å². The Labute approximate surface area is 111 Å². The molecule has 1 aromatic rings. The lowest BCUT2D eigenvalue weighted by atomic mass is 10.2.